The average Bonchev–Trinajstić information content (AvgIpc) is 3.03. The van der Waals surface area contributed by atoms with E-state index in [1.54, 1.807) is 48.5 Å². The summed E-state index contributed by atoms with van der Waals surface area (Å²) in [6, 6.07) is 13.2. The van der Waals surface area contributed by atoms with Gasteiger partial charge >= 0.3 is 0 Å². The summed E-state index contributed by atoms with van der Waals surface area (Å²) in [5.41, 5.74) is 1.15. The second-order valence-corrected chi connectivity index (χ2v) is 6.95. The summed E-state index contributed by atoms with van der Waals surface area (Å²) in [4.78, 5) is 27.2. The van der Waals surface area contributed by atoms with Gasteiger partial charge in [-0.25, -0.2) is 0 Å². The van der Waals surface area contributed by atoms with Gasteiger partial charge in [0.25, 0.3) is 11.7 Å². The molecule has 1 aliphatic rings. The topological polar surface area (TPSA) is 85.3 Å². The van der Waals surface area contributed by atoms with Crippen LogP contribution in [0.1, 0.15) is 31.0 Å². The molecule has 0 bridgehead atoms. The van der Waals surface area contributed by atoms with E-state index in [9.17, 15) is 14.7 Å². The van der Waals surface area contributed by atoms with Crippen LogP contribution in [0.3, 0.4) is 0 Å². The molecule has 1 atom stereocenters. The molecule has 7 heteroatoms. The minimum absolute atomic E-state index is 0.0407. The van der Waals surface area contributed by atoms with Gasteiger partial charge in [0.1, 0.15) is 17.3 Å². The number of amides is 1. The lowest BCUT2D eigenvalue weighted by Crippen LogP contribution is -2.32. The highest BCUT2D eigenvalue weighted by atomic mass is 16.5. The van der Waals surface area contributed by atoms with Gasteiger partial charge in [-0.2, -0.15) is 0 Å². The maximum atomic E-state index is 13.0. The van der Waals surface area contributed by atoms with Gasteiger partial charge in [0, 0.05) is 19.2 Å². The number of ether oxygens (including phenoxy) is 3. The smallest absolute Gasteiger partial charge is 0.295 e. The van der Waals surface area contributed by atoms with E-state index in [-0.39, 0.29) is 24.5 Å². The summed E-state index contributed by atoms with van der Waals surface area (Å²) in [5.74, 6) is -0.381. The van der Waals surface area contributed by atoms with Crippen molar-refractivity contribution >= 4 is 17.4 Å². The van der Waals surface area contributed by atoms with Gasteiger partial charge in [-0.05, 0) is 43.7 Å². The quantitative estimate of drug-likeness (QED) is 0.376. The van der Waals surface area contributed by atoms with Crippen LogP contribution in [0, 0.1) is 0 Å². The van der Waals surface area contributed by atoms with Crippen molar-refractivity contribution in [2.75, 3.05) is 33.5 Å². The molecule has 1 saturated heterocycles. The van der Waals surface area contributed by atoms with Crippen molar-refractivity contribution in [3.63, 3.8) is 0 Å². The first-order valence-corrected chi connectivity index (χ1v) is 10.2. The SMILES string of the molecule is CCOc1ccc(C2/C(=C(\O)c3cccc(OCC)c3)C(=O)C(=O)N2CCOC)cc1. The number of ketones is 1. The Balaban J connectivity index is 2.10. The number of hydrogen-bond donors (Lipinski definition) is 1. The fraction of sp³-hybridized carbons (Fsp3) is 0.333. The van der Waals surface area contributed by atoms with Crippen molar-refractivity contribution in [2.45, 2.75) is 19.9 Å². The molecule has 0 radical (unpaired) electrons. The normalized spacial score (nSPS) is 17.8. The molecule has 1 fully saturated rings. The summed E-state index contributed by atoms with van der Waals surface area (Å²) in [6.45, 7) is 5.23. The molecule has 0 aliphatic carbocycles. The van der Waals surface area contributed by atoms with Crippen molar-refractivity contribution in [2.24, 2.45) is 0 Å². The predicted octanol–water partition coefficient (Wildman–Crippen LogP) is 3.55. The van der Waals surface area contributed by atoms with Gasteiger partial charge in [-0.1, -0.05) is 24.3 Å². The molecule has 7 nitrogen and oxygen atoms in total. The van der Waals surface area contributed by atoms with E-state index < -0.39 is 17.7 Å². The number of methoxy groups -OCH3 is 1. The lowest BCUT2D eigenvalue weighted by atomic mass is 9.95. The van der Waals surface area contributed by atoms with E-state index in [2.05, 4.69) is 0 Å². The Morgan fingerprint density at radius 3 is 2.32 bits per heavy atom. The third-order valence-electron chi connectivity index (χ3n) is 5.00. The standard InChI is InChI=1S/C24H27NO6/c1-4-30-18-11-9-16(10-12-18)21-20(23(27)24(28)25(21)13-14-29-3)22(26)17-7-6-8-19(15-17)31-5-2/h6-12,15,21,26H,4-5,13-14H2,1-3H3/b22-20+. The summed E-state index contributed by atoms with van der Waals surface area (Å²) >= 11 is 0. The number of aliphatic hydroxyl groups excluding tert-OH is 1. The Labute approximate surface area is 181 Å². The third kappa shape index (κ3) is 4.72. The van der Waals surface area contributed by atoms with Gasteiger partial charge in [0.15, 0.2) is 0 Å². The molecule has 1 heterocycles. The molecular weight excluding hydrogens is 398 g/mol. The molecule has 1 amide bonds. The number of aliphatic hydroxyl groups is 1. The van der Waals surface area contributed by atoms with Crippen LogP contribution in [0.15, 0.2) is 54.1 Å². The Hall–Kier alpha value is -3.32. The Morgan fingerprint density at radius 2 is 1.68 bits per heavy atom. The monoisotopic (exact) mass is 425 g/mol. The number of Topliss-reactive ketones (excluding diaryl/α,β-unsaturated/α-hetero) is 1. The highest BCUT2D eigenvalue weighted by Crippen LogP contribution is 2.40. The fourth-order valence-corrected chi connectivity index (χ4v) is 3.62. The predicted molar refractivity (Wildman–Crippen MR) is 116 cm³/mol. The van der Waals surface area contributed by atoms with Crippen LogP contribution in [-0.2, 0) is 14.3 Å². The molecule has 0 aromatic heterocycles. The molecule has 3 rings (SSSR count). The van der Waals surface area contributed by atoms with E-state index >= 15 is 0 Å². The lowest BCUT2D eigenvalue weighted by molar-refractivity contribution is -0.140. The largest absolute Gasteiger partial charge is 0.507 e. The number of rotatable bonds is 9. The number of likely N-dealkylation sites (tertiary alicyclic amines) is 1. The second kappa shape index (κ2) is 10.1. The van der Waals surface area contributed by atoms with Crippen molar-refractivity contribution in [3.8, 4) is 11.5 Å². The van der Waals surface area contributed by atoms with Gasteiger partial charge in [0.05, 0.1) is 31.4 Å². The van der Waals surface area contributed by atoms with Crippen molar-refractivity contribution in [3.05, 3.63) is 65.2 Å². The molecule has 1 unspecified atom stereocenters. The maximum Gasteiger partial charge on any atom is 0.295 e. The molecule has 1 aliphatic heterocycles. The van der Waals surface area contributed by atoms with E-state index in [0.29, 0.717) is 35.8 Å². The Kier molecular flexibility index (Phi) is 7.31. The Bertz CT molecular complexity index is 966. The molecular formula is C24H27NO6. The van der Waals surface area contributed by atoms with E-state index in [4.69, 9.17) is 14.2 Å². The van der Waals surface area contributed by atoms with Crippen LogP contribution in [0.25, 0.3) is 5.76 Å². The van der Waals surface area contributed by atoms with Crippen LogP contribution in [0.5, 0.6) is 11.5 Å². The van der Waals surface area contributed by atoms with E-state index in [1.165, 1.54) is 12.0 Å². The number of nitrogens with zero attached hydrogens (tertiary/aromatic N) is 1. The average molecular weight is 425 g/mol. The summed E-state index contributed by atoms with van der Waals surface area (Å²) in [5, 5.41) is 11.1. The van der Waals surface area contributed by atoms with Crippen LogP contribution < -0.4 is 9.47 Å². The van der Waals surface area contributed by atoms with Gasteiger partial charge in [0.2, 0.25) is 0 Å². The van der Waals surface area contributed by atoms with Gasteiger partial charge < -0.3 is 24.2 Å². The molecule has 1 N–H and O–H groups in total. The zero-order valence-corrected chi connectivity index (χ0v) is 18.0. The lowest BCUT2D eigenvalue weighted by Gasteiger charge is -2.25. The first kappa shape index (κ1) is 22.4. The second-order valence-electron chi connectivity index (χ2n) is 6.95. The third-order valence-corrected chi connectivity index (χ3v) is 5.00. The fourth-order valence-electron chi connectivity index (χ4n) is 3.62. The summed E-state index contributed by atoms with van der Waals surface area (Å²) in [6.07, 6.45) is 0. The van der Waals surface area contributed by atoms with Crippen molar-refractivity contribution in [1.82, 2.24) is 4.90 Å². The molecule has 2 aromatic rings. The number of carbonyl (C=O) groups excluding carboxylic acids is 2. The van der Waals surface area contributed by atoms with Crippen molar-refractivity contribution in [1.29, 1.82) is 0 Å². The molecule has 0 saturated carbocycles. The van der Waals surface area contributed by atoms with Crippen LogP contribution in [0.4, 0.5) is 0 Å². The molecule has 31 heavy (non-hydrogen) atoms. The first-order valence-electron chi connectivity index (χ1n) is 10.2. The zero-order valence-electron chi connectivity index (χ0n) is 18.0. The highest BCUT2D eigenvalue weighted by Gasteiger charge is 2.45. The van der Waals surface area contributed by atoms with Gasteiger partial charge in [-0.3, -0.25) is 9.59 Å². The number of hydrogen-bond acceptors (Lipinski definition) is 6. The zero-order chi connectivity index (χ0) is 22.4. The van der Waals surface area contributed by atoms with Gasteiger partial charge in [-0.15, -0.1) is 0 Å². The summed E-state index contributed by atoms with van der Waals surface area (Å²) < 4.78 is 16.1. The van der Waals surface area contributed by atoms with Crippen LogP contribution in [0.2, 0.25) is 0 Å². The molecule has 0 spiro atoms. The summed E-state index contributed by atoms with van der Waals surface area (Å²) in [7, 11) is 1.53. The number of carbonyl (C=O) groups is 2. The van der Waals surface area contributed by atoms with Crippen LogP contribution in [-0.4, -0.2) is 55.2 Å². The van der Waals surface area contributed by atoms with Crippen LogP contribution >= 0.6 is 0 Å². The minimum atomic E-state index is -0.735. The highest BCUT2D eigenvalue weighted by molar-refractivity contribution is 6.46. The first-order chi connectivity index (χ1) is 15.0. The van der Waals surface area contributed by atoms with E-state index in [0.717, 1.165) is 0 Å². The molecule has 2 aromatic carbocycles. The molecule has 164 valence electrons. The van der Waals surface area contributed by atoms with Crippen molar-refractivity contribution < 1.29 is 28.9 Å². The van der Waals surface area contributed by atoms with E-state index in [1.807, 2.05) is 13.8 Å². The minimum Gasteiger partial charge on any atom is -0.507 e. The maximum absolute atomic E-state index is 13.0. The number of benzene rings is 2. The Morgan fingerprint density at radius 1 is 1.00 bits per heavy atom.